The number of carbonyl (C=O) groups excluding carboxylic acids is 2. The number of hydrogen-bond acceptors (Lipinski definition) is 3. The summed E-state index contributed by atoms with van der Waals surface area (Å²) in [4.78, 5) is 26.6. The number of carbonyl (C=O) groups is 2. The molecule has 0 aromatic heterocycles. The van der Waals surface area contributed by atoms with Crippen molar-refractivity contribution in [3.05, 3.63) is 63.6 Å². The van der Waals surface area contributed by atoms with Gasteiger partial charge < -0.3 is 10.6 Å². The Kier molecular flexibility index (Phi) is 6.86. The van der Waals surface area contributed by atoms with Gasteiger partial charge in [-0.3, -0.25) is 14.5 Å². The van der Waals surface area contributed by atoms with Crippen molar-refractivity contribution < 1.29 is 9.59 Å². The number of halogens is 1. The lowest BCUT2D eigenvalue weighted by Gasteiger charge is -2.32. The lowest BCUT2D eigenvalue weighted by Crippen LogP contribution is -2.41. The van der Waals surface area contributed by atoms with Crippen LogP contribution < -0.4 is 10.6 Å². The van der Waals surface area contributed by atoms with Gasteiger partial charge in [-0.1, -0.05) is 40.2 Å². The van der Waals surface area contributed by atoms with E-state index >= 15 is 0 Å². The van der Waals surface area contributed by atoms with Crippen molar-refractivity contribution in [2.24, 2.45) is 0 Å². The Hall–Kier alpha value is -2.18. The van der Waals surface area contributed by atoms with Crippen LogP contribution in [0.1, 0.15) is 35.6 Å². The van der Waals surface area contributed by atoms with E-state index in [1.807, 2.05) is 32.2 Å². The molecule has 0 fully saturated rings. The fourth-order valence-electron chi connectivity index (χ4n) is 3.72. The number of benzene rings is 2. The van der Waals surface area contributed by atoms with Gasteiger partial charge in [-0.2, -0.15) is 0 Å². The Balaban J connectivity index is 1.50. The summed E-state index contributed by atoms with van der Waals surface area (Å²) in [5.74, 6) is -0.377. The maximum Gasteiger partial charge on any atom is 0.243 e. The highest BCUT2D eigenvalue weighted by atomic mass is 79.9. The second-order valence-corrected chi connectivity index (χ2v) is 8.22. The summed E-state index contributed by atoms with van der Waals surface area (Å²) in [5, 5.41) is 5.56. The van der Waals surface area contributed by atoms with E-state index in [1.165, 1.54) is 11.1 Å². The molecule has 5 nitrogen and oxygen atoms in total. The summed E-state index contributed by atoms with van der Waals surface area (Å²) < 4.78 is 0.962. The van der Waals surface area contributed by atoms with Crippen LogP contribution in [0.4, 0.5) is 5.69 Å². The molecule has 1 aliphatic carbocycles. The molecule has 0 radical (unpaired) electrons. The van der Waals surface area contributed by atoms with Crippen LogP contribution in [-0.2, 0) is 16.0 Å². The third-order valence-corrected chi connectivity index (χ3v) is 5.66. The summed E-state index contributed by atoms with van der Waals surface area (Å²) in [6, 6.07) is 14.3. The number of hydrogen-bond donors (Lipinski definition) is 2. The molecule has 2 aromatic carbocycles. The number of fused-ring (bicyclic) bond motifs is 1. The Morgan fingerprint density at radius 2 is 1.96 bits per heavy atom. The summed E-state index contributed by atoms with van der Waals surface area (Å²) in [5.41, 5.74) is 4.39. The van der Waals surface area contributed by atoms with Crippen LogP contribution in [0.3, 0.4) is 0 Å². The number of nitrogens with one attached hydrogen (secondary N) is 2. The molecule has 1 atom stereocenters. The summed E-state index contributed by atoms with van der Waals surface area (Å²) in [6.07, 6.45) is 3.27. The Bertz CT molecular complexity index is 869. The molecule has 2 N–H and O–H groups in total. The predicted octanol–water partition coefficient (Wildman–Crippen LogP) is 3.82. The van der Waals surface area contributed by atoms with Gasteiger partial charge in [0, 0.05) is 16.2 Å². The molecular formula is C22H26BrN3O2. The van der Waals surface area contributed by atoms with E-state index in [0.29, 0.717) is 0 Å². The number of nitrogens with zero attached hydrogens (tertiary/aromatic N) is 1. The summed E-state index contributed by atoms with van der Waals surface area (Å²) in [6.45, 7) is 2.16. The van der Waals surface area contributed by atoms with Crippen molar-refractivity contribution >= 4 is 33.4 Å². The van der Waals surface area contributed by atoms with E-state index in [-0.39, 0.29) is 30.9 Å². The second kappa shape index (κ2) is 9.34. The normalized spacial score (nSPS) is 15.8. The van der Waals surface area contributed by atoms with Crippen LogP contribution in [0.15, 0.2) is 46.9 Å². The third-order valence-electron chi connectivity index (χ3n) is 5.17. The minimum Gasteiger partial charge on any atom is -0.346 e. The molecule has 2 aromatic rings. The van der Waals surface area contributed by atoms with Crippen molar-refractivity contribution in [1.29, 1.82) is 0 Å². The van der Waals surface area contributed by atoms with Gasteiger partial charge in [0.1, 0.15) is 0 Å². The van der Waals surface area contributed by atoms with Crippen LogP contribution in [-0.4, -0.2) is 36.9 Å². The largest absolute Gasteiger partial charge is 0.346 e. The number of rotatable bonds is 6. The molecule has 28 heavy (non-hydrogen) atoms. The predicted molar refractivity (Wildman–Crippen MR) is 115 cm³/mol. The molecule has 0 aliphatic heterocycles. The van der Waals surface area contributed by atoms with Crippen molar-refractivity contribution in [3.63, 3.8) is 0 Å². The van der Waals surface area contributed by atoms with E-state index in [0.717, 1.165) is 35.0 Å². The van der Waals surface area contributed by atoms with E-state index < -0.39 is 0 Å². The maximum atomic E-state index is 12.3. The SMILES string of the molecule is Cc1cc(Br)ccc1NC(=O)CNC(=O)CN(C)C1CCCc2ccccc21. The van der Waals surface area contributed by atoms with E-state index in [2.05, 4.69) is 55.7 Å². The van der Waals surface area contributed by atoms with Gasteiger partial charge in [0.05, 0.1) is 13.1 Å². The minimum absolute atomic E-state index is 0.0383. The molecule has 0 saturated heterocycles. The lowest BCUT2D eigenvalue weighted by atomic mass is 9.87. The first-order valence-electron chi connectivity index (χ1n) is 9.55. The molecule has 0 bridgehead atoms. The number of aryl methyl sites for hydroxylation is 2. The maximum absolute atomic E-state index is 12.3. The van der Waals surface area contributed by atoms with Gasteiger partial charge in [-0.25, -0.2) is 0 Å². The number of amides is 2. The highest BCUT2D eigenvalue weighted by Gasteiger charge is 2.24. The van der Waals surface area contributed by atoms with Gasteiger partial charge in [-0.15, -0.1) is 0 Å². The van der Waals surface area contributed by atoms with Crippen molar-refractivity contribution in [3.8, 4) is 0 Å². The van der Waals surface area contributed by atoms with Crippen molar-refractivity contribution in [1.82, 2.24) is 10.2 Å². The zero-order chi connectivity index (χ0) is 20.1. The van der Waals surface area contributed by atoms with Gasteiger partial charge in [0.15, 0.2) is 0 Å². The molecule has 2 amide bonds. The van der Waals surface area contributed by atoms with Crippen LogP contribution in [0.5, 0.6) is 0 Å². The monoisotopic (exact) mass is 443 g/mol. The first kappa shape index (κ1) is 20.6. The van der Waals surface area contributed by atoms with Crippen molar-refractivity contribution in [2.75, 3.05) is 25.5 Å². The molecule has 1 aliphatic rings. The lowest BCUT2D eigenvalue weighted by molar-refractivity contribution is -0.125. The minimum atomic E-state index is -0.232. The smallest absolute Gasteiger partial charge is 0.243 e. The topological polar surface area (TPSA) is 61.4 Å². The Morgan fingerprint density at radius 1 is 1.18 bits per heavy atom. The van der Waals surface area contributed by atoms with E-state index in [1.54, 1.807) is 0 Å². The molecule has 1 unspecified atom stereocenters. The number of anilines is 1. The molecule has 3 rings (SSSR count). The van der Waals surface area contributed by atoms with E-state index in [4.69, 9.17) is 0 Å². The van der Waals surface area contributed by atoms with Gasteiger partial charge >= 0.3 is 0 Å². The second-order valence-electron chi connectivity index (χ2n) is 7.31. The quantitative estimate of drug-likeness (QED) is 0.712. The zero-order valence-electron chi connectivity index (χ0n) is 16.3. The zero-order valence-corrected chi connectivity index (χ0v) is 17.9. The summed E-state index contributed by atoms with van der Waals surface area (Å²) >= 11 is 3.40. The van der Waals surface area contributed by atoms with Crippen LogP contribution in [0, 0.1) is 6.92 Å². The molecule has 0 heterocycles. The standard InChI is InChI=1S/C22H26BrN3O2/c1-15-12-17(23)10-11-19(15)25-21(27)13-24-22(28)14-26(2)20-9-5-7-16-6-3-4-8-18(16)20/h3-4,6,8,10-12,20H,5,7,9,13-14H2,1-2H3,(H,24,28)(H,25,27). The summed E-state index contributed by atoms with van der Waals surface area (Å²) in [7, 11) is 1.97. The Labute approximate surface area is 174 Å². The average Bonchev–Trinajstić information content (AvgIpc) is 2.68. The average molecular weight is 444 g/mol. The number of likely N-dealkylation sites (N-methyl/N-ethyl adjacent to an activating group) is 1. The fraction of sp³-hybridized carbons (Fsp3) is 0.364. The van der Waals surface area contributed by atoms with Crippen molar-refractivity contribution in [2.45, 2.75) is 32.2 Å². The van der Waals surface area contributed by atoms with Crippen LogP contribution in [0.2, 0.25) is 0 Å². The highest BCUT2D eigenvalue weighted by Crippen LogP contribution is 2.33. The van der Waals surface area contributed by atoms with Crippen LogP contribution in [0.25, 0.3) is 0 Å². The van der Waals surface area contributed by atoms with Gasteiger partial charge in [-0.05, 0) is 68.1 Å². The van der Waals surface area contributed by atoms with Gasteiger partial charge in [0.2, 0.25) is 11.8 Å². The first-order chi connectivity index (χ1) is 13.4. The molecular weight excluding hydrogens is 418 g/mol. The molecule has 0 spiro atoms. The van der Waals surface area contributed by atoms with Gasteiger partial charge in [0.25, 0.3) is 0 Å². The fourth-order valence-corrected chi connectivity index (χ4v) is 4.19. The van der Waals surface area contributed by atoms with Crippen LogP contribution >= 0.6 is 15.9 Å². The first-order valence-corrected chi connectivity index (χ1v) is 10.3. The third kappa shape index (κ3) is 5.20. The molecule has 0 saturated carbocycles. The molecule has 6 heteroatoms. The Morgan fingerprint density at radius 3 is 2.75 bits per heavy atom. The van der Waals surface area contributed by atoms with E-state index in [9.17, 15) is 9.59 Å². The molecule has 148 valence electrons. The highest BCUT2D eigenvalue weighted by molar-refractivity contribution is 9.10.